The summed E-state index contributed by atoms with van der Waals surface area (Å²) in [5.74, 6) is 0.990. The van der Waals surface area contributed by atoms with Crippen molar-refractivity contribution in [1.29, 1.82) is 0 Å². The number of hydrogen-bond donors (Lipinski definition) is 0. The largest absolute Gasteiger partial charge is 0.495 e. The molecule has 2 aliphatic heterocycles. The molecule has 34 heavy (non-hydrogen) atoms. The van der Waals surface area contributed by atoms with E-state index in [1.54, 1.807) is 23.5 Å². The van der Waals surface area contributed by atoms with E-state index >= 15 is 0 Å². The fourth-order valence-electron chi connectivity index (χ4n) is 4.76. The summed E-state index contributed by atoms with van der Waals surface area (Å²) in [5, 5.41) is 0. The van der Waals surface area contributed by atoms with Crippen molar-refractivity contribution in [3.8, 4) is 5.75 Å². The Morgan fingerprint density at radius 3 is 2.15 bits per heavy atom. The van der Waals surface area contributed by atoms with Crippen LogP contribution in [0.3, 0.4) is 0 Å². The van der Waals surface area contributed by atoms with E-state index in [4.69, 9.17) is 4.74 Å². The summed E-state index contributed by atoms with van der Waals surface area (Å²) in [6, 6.07) is 15.0. The molecule has 0 radical (unpaired) electrons. The third kappa shape index (κ3) is 5.73. The zero-order valence-electron chi connectivity index (χ0n) is 20.0. The van der Waals surface area contributed by atoms with Crippen molar-refractivity contribution >= 4 is 21.6 Å². The van der Waals surface area contributed by atoms with Crippen LogP contribution in [0.2, 0.25) is 0 Å². The van der Waals surface area contributed by atoms with E-state index in [0.29, 0.717) is 43.9 Å². The van der Waals surface area contributed by atoms with Gasteiger partial charge in [-0.1, -0.05) is 37.1 Å². The van der Waals surface area contributed by atoms with Gasteiger partial charge in [0.25, 0.3) is 0 Å². The van der Waals surface area contributed by atoms with Gasteiger partial charge in [-0.3, -0.25) is 4.79 Å². The first kappa shape index (κ1) is 24.5. The highest BCUT2D eigenvalue weighted by molar-refractivity contribution is 7.89. The molecule has 2 saturated heterocycles. The van der Waals surface area contributed by atoms with Crippen LogP contribution in [0.4, 0.5) is 5.69 Å². The van der Waals surface area contributed by atoms with Gasteiger partial charge in [0.15, 0.2) is 0 Å². The molecule has 2 heterocycles. The van der Waals surface area contributed by atoms with Crippen LogP contribution < -0.4 is 9.64 Å². The highest BCUT2D eigenvalue weighted by Gasteiger charge is 2.25. The monoisotopic (exact) mass is 485 g/mol. The van der Waals surface area contributed by atoms with Gasteiger partial charge in [-0.15, -0.1) is 0 Å². The lowest BCUT2D eigenvalue weighted by molar-refractivity contribution is -0.131. The SMILES string of the molecule is COc1ccccc1N1CCN(C(=O)CCc2ccc(S(=O)(=O)N3CCCCCC3)cc2)CC1. The highest BCUT2D eigenvalue weighted by atomic mass is 32.2. The molecule has 4 rings (SSSR count). The lowest BCUT2D eigenvalue weighted by Gasteiger charge is -2.36. The molecule has 0 aromatic heterocycles. The minimum atomic E-state index is -3.44. The summed E-state index contributed by atoms with van der Waals surface area (Å²) >= 11 is 0. The second-order valence-corrected chi connectivity index (χ2v) is 10.9. The number of hydrogen-bond acceptors (Lipinski definition) is 5. The van der Waals surface area contributed by atoms with Crippen molar-refractivity contribution in [1.82, 2.24) is 9.21 Å². The molecular weight excluding hydrogens is 450 g/mol. The van der Waals surface area contributed by atoms with Gasteiger partial charge in [-0.05, 0) is 49.1 Å². The number of sulfonamides is 1. The molecule has 0 aliphatic carbocycles. The predicted molar refractivity (Wildman–Crippen MR) is 134 cm³/mol. The van der Waals surface area contributed by atoms with Crippen LogP contribution in [0.1, 0.15) is 37.7 Å². The molecule has 0 unspecified atom stereocenters. The number of aryl methyl sites for hydroxylation is 1. The average Bonchev–Trinajstić information content (AvgIpc) is 3.18. The Morgan fingerprint density at radius 2 is 1.50 bits per heavy atom. The number of amides is 1. The lowest BCUT2D eigenvalue weighted by Crippen LogP contribution is -2.48. The first-order valence-electron chi connectivity index (χ1n) is 12.2. The normalized spacial score (nSPS) is 17.9. The molecule has 2 aromatic rings. The number of piperazine rings is 1. The number of ether oxygens (including phenoxy) is 1. The van der Waals surface area contributed by atoms with E-state index in [-0.39, 0.29) is 5.91 Å². The fraction of sp³-hybridized carbons (Fsp3) is 0.500. The standard InChI is InChI=1S/C26H35N3O4S/c1-33-25-9-5-4-8-24(25)27-18-20-28(21-19-27)26(30)15-12-22-10-13-23(14-11-22)34(31,32)29-16-6-2-3-7-17-29/h4-5,8-11,13-14H,2-3,6-7,12,15-21H2,1H3. The number of carbonyl (C=O) groups is 1. The van der Waals surface area contributed by atoms with Gasteiger partial charge in [0.05, 0.1) is 17.7 Å². The van der Waals surface area contributed by atoms with Gasteiger partial charge in [0, 0.05) is 45.7 Å². The number of benzene rings is 2. The van der Waals surface area contributed by atoms with Crippen molar-refractivity contribution in [3.63, 3.8) is 0 Å². The van der Waals surface area contributed by atoms with Gasteiger partial charge in [0.1, 0.15) is 5.75 Å². The van der Waals surface area contributed by atoms with Crippen LogP contribution in [-0.4, -0.2) is 69.9 Å². The number of carbonyl (C=O) groups excluding carboxylic acids is 1. The van der Waals surface area contributed by atoms with Gasteiger partial charge < -0.3 is 14.5 Å². The zero-order valence-corrected chi connectivity index (χ0v) is 20.8. The summed E-state index contributed by atoms with van der Waals surface area (Å²) in [6.07, 6.45) is 5.06. The number of para-hydroxylation sites is 2. The van der Waals surface area contributed by atoms with Crippen LogP contribution in [0, 0.1) is 0 Å². The van der Waals surface area contributed by atoms with Crippen LogP contribution in [0.25, 0.3) is 0 Å². The maximum atomic E-state index is 12.9. The molecule has 1 amide bonds. The van der Waals surface area contributed by atoms with Gasteiger partial charge in [0.2, 0.25) is 15.9 Å². The first-order valence-corrected chi connectivity index (χ1v) is 13.7. The number of anilines is 1. The quantitative estimate of drug-likeness (QED) is 0.600. The van der Waals surface area contributed by atoms with Gasteiger partial charge >= 0.3 is 0 Å². The number of nitrogens with zero attached hydrogens (tertiary/aromatic N) is 3. The molecule has 0 spiro atoms. The highest BCUT2D eigenvalue weighted by Crippen LogP contribution is 2.28. The number of methoxy groups -OCH3 is 1. The van der Waals surface area contributed by atoms with E-state index in [0.717, 1.165) is 55.8 Å². The number of rotatable bonds is 7. The van der Waals surface area contributed by atoms with E-state index in [2.05, 4.69) is 4.90 Å². The van der Waals surface area contributed by atoms with E-state index in [1.165, 1.54) is 0 Å². The third-order valence-electron chi connectivity index (χ3n) is 6.81. The summed E-state index contributed by atoms with van der Waals surface area (Å²) in [6.45, 7) is 4.12. The smallest absolute Gasteiger partial charge is 0.243 e. The molecular formula is C26H35N3O4S. The van der Waals surface area contributed by atoms with Crippen LogP contribution in [0.5, 0.6) is 5.75 Å². The van der Waals surface area contributed by atoms with E-state index < -0.39 is 10.0 Å². The van der Waals surface area contributed by atoms with Gasteiger partial charge in [-0.2, -0.15) is 4.31 Å². The second kappa shape index (κ2) is 11.2. The first-order chi connectivity index (χ1) is 16.5. The molecule has 2 fully saturated rings. The molecule has 8 heteroatoms. The maximum Gasteiger partial charge on any atom is 0.243 e. The maximum absolute atomic E-state index is 12.9. The third-order valence-corrected chi connectivity index (χ3v) is 8.72. The van der Waals surface area contributed by atoms with Crippen molar-refractivity contribution in [2.75, 3.05) is 51.3 Å². The molecule has 184 valence electrons. The van der Waals surface area contributed by atoms with Crippen molar-refractivity contribution in [2.45, 2.75) is 43.4 Å². The van der Waals surface area contributed by atoms with E-state index in [9.17, 15) is 13.2 Å². The molecule has 0 bridgehead atoms. The molecule has 0 atom stereocenters. The van der Waals surface area contributed by atoms with E-state index in [1.807, 2.05) is 41.3 Å². The Kier molecular flexibility index (Phi) is 8.11. The van der Waals surface area contributed by atoms with Gasteiger partial charge in [-0.25, -0.2) is 8.42 Å². The Balaban J connectivity index is 1.28. The van der Waals surface area contributed by atoms with Crippen LogP contribution in [-0.2, 0) is 21.2 Å². The average molecular weight is 486 g/mol. The predicted octanol–water partition coefficient (Wildman–Crippen LogP) is 3.54. The van der Waals surface area contributed by atoms with Crippen LogP contribution in [0.15, 0.2) is 53.4 Å². The Labute approximate surface area is 203 Å². The minimum absolute atomic E-state index is 0.140. The fourth-order valence-corrected chi connectivity index (χ4v) is 6.27. The molecule has 2 aromatic carbocycles. The summed E-state index contributed by atoms with van der Waals surface area (Å²) in [5.41, 5.74) is 2.04. The summed E-state index contributed by atoms with van der Waals surface area (Å²) in [7, 11) is -1.76. The molecule has 0 saturated carbocycles. The molecule has 2 aliphatic rings. The van der Waals surface area contributed by atoms with Crippen LogP contribution >= 0.6 is 0 Å². The molecule has 7 nitrogen and oxygen atoms in total. The Morgan fingerprint density at radius 1 is 0.853 bits per heavy atom. The van der Waals surface area contributed by atoms with Crippen molar-refractivity contribution < 1.29 is 17.9 Å². The summed E-state index contributed by atoms with van der Waals surface area (Å²) in [4.78, 5) is 17.3. The topological polar surface area (TPSA) is 70.2 Å². The summed E-state index contributed by atoms with van der Waals surface area (Å²) < 4.78 is 33.0. The lowest BCUT2D eigenvalue weighted by atomic mass is 10.1. The second-order valence-electron chi connectivity index (χ2n) is 9.00. The minimum Gasteiger partial charge on any atom is -0.495 e. The Bertz CT molecular complexity index is 1060. The van der Waals surface area contributed by atoms with Crippen molar-refractivity contribution in [3.05, 3.63) is 54.1 Å². The Hall–Kier alpha value is -2.58. The molecule has 0 N–H and O–H groups in total. The van der Waals surface area contributed by atoms with Crippen molar-refractivity contribution in [2.24, 2.45) is 0 Å². The zero-order chi connectivity index (χ0) is 24.0.